The predicted molar refractivity (Wildman–Crippen MR) is 170 cm³/mol. The Bertz CT molecular complexity index is 1640. The summed E-state index contributed by atoms with van der Waals surface area (Å²) >= 11 is -1.46. The van der Waals surface area contributed by atoms with Crippen molar-refractivity contribution < 1.29 is 16.6 Å². The first-order valence-electron chi connectivity index (χ1n) is 14.4. The standard InChI is InChI=1S/C14H14.C13H9.C9H7.C2H6Si.Ti/c1-3-7-13(8-4-1)11-12-14-9-5-2-6-10-14;1-3-7-12-10(5-1)9-11-6-2-4-8-13(11)12;1-2-5-9-7-3-6-8(9)4-1;1-3-2;/h1-10H,11-12H2;1-5,7-8H,9H2;1-7H;1-2H3;. The van der Waals surface area contributed by atoms with E-state index in [4.69, 9.17) is 0 Å². The maximum absolute atomic E-state index is 2.55. The van der Waals surface area contributed by atoms with Gasteiger partial charge in [0.15, 0.2) is 0 Å². The van der Waals surface area contributed by atoms with Crippen molar-refractivity contribution >= 4 is 16.1 Å². The van der Waals surface area contributed by atoms with Crippen LogP contribution in [0.5, 0.6) is 0 Å². The molecule has 0 bridgehead atoms. The molecule has 5 aromatic carbocycles. The van der Waals surface area contributed by atoms with Crippen LogP contribution in [-0.2, 0) is 35.9 Å². The molecule has 5 aromatic rings. The zero-order chi connectivity index (χ0) is 27.3. The molecule has 1 unspecified atom stereocenters. The van der Waals surface area contributed by atoms with E-state index in [0.717, 1.165) is 19.3 Å². The Morgan fingerprint density at radius 1 is 0.625 bits per heavy atom. The maximum atomic E-state index is 2.55. The van der Waals surface area contributed by atoms with E-state index >= 15 is 0 Å². The number of allylic oxidation sites excluding steroid dienone is 1. The summed E-state index contributed by atoms with van der Waals surface area (Å²) in [6.07, 6.45) is 7.95. The second-order valence-electron chi connectivity index (χ2n) is 11.0. The first-order valence-corrected chi connectivity index (χ1v) is 20.9. The van der Waals surface area contributed by atoms with Crippen LogP contribution in [-0.4, -0.2) is 6.19 Å². The van der Waals surface area contributed by atoms with E-state index in [0.29, 0.717) is 4.22 Å². The first-order chi connectivity index (χ1) is 19.7. The van der Waals surface area contributed by atoms with E-state index in [2.05, 4.69) is 153 Å². The summed E-state index contributed by atoms with van der Waals surface area (Å²) in [5.74, 6) is 0. The maximum Gasteiger partial charge on any atom is -0.0238 e. The molecule has 0 aromatic heterocycles. The molecule has 40 heavy (non-hydrogen) atoms. The second kappa shape index (κ2) is 12.5. The smallest absolute Gasteiger partial charge is 0.0238 e. The molecule has 0 saturated heterocycles. The van der Waals surface area contributed by atoms with Gasteiger partial charge in [-0.3, -0.25) is 0 Å². The second-order valence-corrected chi connectivity index (χ2v) is 23.0. The molecule has 0 nitrogen and oxygen atoms in total. The molecule has 0 aliphatic heterocycles. The summed E-state index contributed by atoms with van der Waals surface area (Å²) < 4.78 is 2.44. The largest absolute Gasteiger partial charge is 0.0622 e. The van der Waals surface area contributed by atoms with E-state index in [-0.39, 0.29) is 6.19 Å². The van der Waals surface area contributed by atoms with Gasteiger partial charge in [0, 0.05) is 0 Å². The van der Waals surface area contributed by atoms with Crippen LogP contribution in [0.15, 0.2) is 133 Å². The van der Waals surface area contributed by atoms with Gasteiger partial charge in [0.2, 0.25) is 0 Å². The minimum absolute atomic E-state index is 0.342. The van der Waals surface area contributed by atoms with Crippen LogP contribution in [0.2, 0.25) is 13.1 Å². The molecule has 2 heteroatoms. The summed E-state index contributed by atoms with van der Waals surface area (Å²) in [6.45, 7) is 5.10. The van der Waals surface area contributed by atoms with Crippen LogP contribution in [0.4, 0.5) is 0 Å². The summed E-state index contributed by atoms with van der Waals surface area (Å²) in [5.41, 5.74) is 12.0. The van der Waals surface area contributed by atoms with Crippen molar-refractivity contribution in [3.8, 4) is 11.1 Å². The predicted octanol–water partition coefficient (Wildman–Crippen LogP) is 8.99. The fourth-order valence-electron chi connectivity index (χ4n) is 6.24. The monoisotopic (exact) mass is 568 g/mol. The summed E-state index contributed by atoms with van der Waals surface area (Å²) in [4.78, 5) is 0. The van der Waals surface area contributed by atoms with Gasteiger partial charge in [-0.2, -0.15) is 0 Å². The summed E-state index contributed by atoms with van der Waals surface area (Å²) in [5, 5.41) is 0. The van der Waals surface area contributed by atoms with E-state index in [1.807, 2.05) is 0 Å². The minimum atomic E-state index is -1.46. The molecule has 0 heterocycles. The first kappa shape index (κ1) is 27.0. The third-order valence-electron chi connectivity index (χ3n) is 8.18. The van der Waals surface area contributed by atoms with Gasteiger partial charge in [0.1, 0.15) is 0 Å². The van der Waals surface area contributed by atoms with Gasteiger partial charge in [0.05, 0.1) is 0 Å². The summed E-state index contributed by atoms with van der Waals surface area (Å²) in [6, 6.07) is 46.4. The molecule has 0 amide bonds. The van der Waals surface area contributed by atoms with Gasteiger partial charge in [-0.1, -0.05) is 60.7 Å². The number of rotatable bonds is 5. The van der Waals surface area contributed by atoms with Crippen molar-refractivity contribution in [2.45, 2.75) is 36.6 Å². The SMILES string of the molecule is C[Si](C)=[Ti]([c]1cccc2c1Cc1ccccc1-2)[CH]1C=Cc2ccccc21.c1ccc(CCc2ccccc2)cc1. The van der Waals surface area contributed by atoms with Crippen LogP contribution in [0.1, 0.15) is 37.6 Å². The molecule has 0 spiro atoms. The number of fused-ring (bicyclic) bond motifs is 4. The van der Waals surface area contributed by atoms with Crippen LogP contribution < -0.4 is 3.87 Å². The molecule has 0 radical (unpaired) electrons. The molecule has 196 valence electrons. The number of hydrogen-bond donors (Lipinski definition) is 0. The molecule has 1 atom stereocenters. The van der Waals surface area contributed by atoms with Crippen LogP contribution in [0.25, 0.3) is 17.2 Å². The molecule has 0 saturated carbocycles. The number of hydrogen-bond acceptors (Lipinski definition) is 0. The molecule has 0 fully saturated rings. The number of aryl methyl sites for hydroxylation is 2. The molecule has 2 aliphatic carbocycles. The van der Waals surface area contributed by atoms with Gasteiger partial charge in [-0.15, -0.1) is 0 Å². The fraction of sp³-hybridized carbons (Fsp3) is 0.158. The van der Waals surface area contributed by atoms with E-state index in [1.54, 1.807) is 15.0 Å². The average molecular weight is 569 g/mol. The Morgan fingerprint density at radius 2 is 1.23 bits per heavy atom. The van der Waals surface area contributed by atoms with Gasteiger partial charge < -0.3 is 0 Å². The Kier molecular flexibility index (Phi) is 8.44. The van der Waals surface area contributed by atoms with E-state index < -0.39 is 16.6 Å². The van der Waals surface area contributed by atoms with Gasteiger partial charge in [-0.05, 0) is 24.0 Å². The summed E-state index contributed by atoms with van der Waals surface area (Å²) in [7, 11) is 0. The quantitative estimate of drug-likeness (QED) is 0.182. The van der Waals surface area contributed by atoms with Crippen molar-refractivity contribution in [1.82, 2.24) is 0 Å². The zero-order valence-electron chi connectivity index (χ0n) is 23.5. The number of benzene rings is 5. The van der Waals surface area contributed by atoms with E-state index in [9.17, 15) is 0 Å². The van der Waals surface area contributed by atoms with Gasteiger partial charge in [-0.25, -0.2) is 0 Å². The molecule has 7 rings (SSSR count). The Labute approximate surface area is 246 Å². The Hall–Kier alpha value is -3.23. The van der Waals surface area contributed by atoms with Crippen molar-refractivity contribution in [3.63, 3.8) is 0 Å². The van der Waals surface area contributed by atoms with E-state index in [1.165, 1.54) is 33.4 Å². The van der Waals surface area contributed by atoms with Crippen LogP contribution >= 0.6 is 0 Å². The van der Waals surface area contributed by atoms with Gasteiger partial charge in [0.25, 0.3) is 0 Å². The zero-order valence-corrected chi connectivity index (χ0v) is 26.0. The van der Waals surface area contributed by atoms with Crippen molar-refractivity contribution in [2.24, 2.45) is 0 Å². The Balaban J connectivity index is 0.000000175. The molecular formula is C38H36SiTi. The van der Waals surface area contributed by atoms with Crippen molar-refractivity contribution in [1.29, 1.82) is 0 Å². The average Bonchev–Trinajstić information content (AvgIpc) is 3.60. The normalized spacial score (nSPS) is 14.0. The third-order valence-corrected chi connectivity index (χ3v) is 20.1. The molecule has 0 N–H and O–H groups in total. The van der Waals surface area contributed by atoms with Crippen LogP contribution in [0, 0.1) is 0 Å². The van der Waals surface area contributed by atoms with Crippen LogP contribution in [0.3, 0.4) is 0 Å². The molecular weight excluding hydrogens is 532 g/mol. The van der Waals surface area contributed by atoms with Gasteiger partial charge >= 0.3 is 163 Å². The Morgan fingerprint density at radius 3 is 1.93 bits per heavy atom. The van der Waals surface area contributed by atoms with Crippen molar-refractivity contribution in [2.75, 3.05) is 0 Å². The third kappa shape index (κ3) is 5.79. The fourth-order valence-corrected chi connectivity index (χ4v) is 18.0. The topological polar surface area (TPSA) is 0 Å². The minimum Gasteiger partial charge on any atom is -0.0622 e. The molecule has 2 aliphatic rings. The van der Waals surface area contributed by atoms with Crippen molar-refractivity contribution in [3.05, 3.63) is 167 Å².